The largest absolute Gasteiger partial charge is 0.396 e. The van der Waals surface area contributed by atoms with E-state index in [1.165, 1.54) is 0 Å². The Labute approximate surface area is 99.6 Å². The molecule has 0 atom stereocenters. The van der Waals surface area contributed by atoms with Crippen LogP contribution < -0.4 is 5.32 Å². The van der Waals surface area contributed by atoms with Crippen LogP contribution in [0.5, 0.6) is 0 Å². The molecule has 0 aliphatic carbocycles. The molecule has 1 rings (SSSR count). The van der Waals surface area contributed by atoms with Gasteiger partial charge in [0.2, 0.25) is 0 Å². The zero-order chi connectivity index (χ0) is 11.9. The fourth-order valence-corrected chi connectivity index (χ4v) is 2.15. The summed E-state index contributed by atoms with van der Waals surface area (Å²) in [4.78, 5) is 0. The first kappa shape index (κ1) is 13.9. The molecule has 0 unspecified atom stereocenters. The predicted octanol–water partition coefficient (Wildman–Crippen LogP) is 1.80. The topological polar surface area (TPSA) is 41.5 Å². The number of nitrogens with one attached hydrogen (secondary N) is 1. The van der Waals surface area contributed by atoms with Crippen molar-refractivity contribution in [3.05, 3.63) is 0 Å². The Bertz CT molecular complexity index is 177. The molecule has 0 radical (unpaired) electrons. The maximum atomic E-state index is 9.50. The van der Waals surface area contributed by atoms with Crippen LogP contribution in [0.2, 0.25) is 0 Å². The normalized spacial score (nSPS) is 20.2. The van der Waals surface area contributed by atoms with E-state index in [4.69, 9.17) is 4.74 Å². The van der Waals surface area contributed by atoms with Crippen molar-refractivity contribution in [2.24, 2.45) is 11.3 Å². The van der Waals surface area contributed by atoms with E-state index in [1.807, 2.05) is 0 Å². The minimum Gasteiger partial charge on any atom is -0.396 e. The Morgan fingerprint density at radius 2 is 1.94 bits per heavy atom. The van der Waals surface area contributed by atoms with Crippen LogP contribution in [-0.2, 0) is 4.74 Å². The van der Waals surface area contributed by atoms with Gasteiger partial charge in [0.1, 0.15) is 0 Å². The molecule has 0 saturated carbocycles. The van der Waals surface area contributed by atoms with Gasteiger partial charge in [0.25, 0.3) is 0 Å². The van der Waals surface area contributed by atoms with Gasteiger partial charge in [-0.15, -0.1) is 0 Å². The molecule has 1 aliphatic rings. The monoisotopic (exact) mass is 229 g/mol. The van der Waals surface area contributed by atoms with Crippen LogP contribution in [0.15, 0.2) is 0 Å². The van der Waals surface area contributed by atoms with E-state index in [1.54, 1.807) is 0 Å². The summed E-state index contributed by atoms with van der Waals surface area (Å²) >= 11 is 0. The van der Waals surface area contributed by atoms with E-state index in [2.05, 4.69) is 19.2 Å². The number of hydrogen-bond acceptors (Lipinski definition) is 3. The highest BCUT2D eigenvalue weighted by Gasteiger charge is 2.30. The van der Waals surface area contributed by atoms with Crippen molar-refractivity contribution < 1.29 is 9.84 Å². The predicted molar refractivity (Wildman–Crippen MR) is 66.5 cm³/mol. The van der Waals surface area contributed by atoms with E-state index in [9.17, 15) is 5.11 Å². The summed E-state index contributed by atoms with van der Waals surface area (Å²) in [6.45, 7) is 8.46. The lowest BCUT2D eigenvalue weighted by atomic mass is 9.77. The first-order chi connectivity index (χ1) is 7.68. The van der Waals surface area contributed by atoms with Crippen molar-refractivity contribution in [1.29, 1.82) is 0 Å². The van der Waals surface area contributed by atoms with Gasteiger partial charge in [0.15, 0.2) is 0 Å². The van der Waals surface area contributed by atoms with Crippen molar-refractivity contribution in [1.82, 2.24) is 5.32 Å². The average molecular weight is 229 g/mol. The quantitative estimate of drug-likeness (QED) is 0.654. The molecule has 1 fully saturated rings. The zero-order valence-electron chi connectivity index (χ0n) is 10.8. The fourth-order valence-electron chi connectivity index (χ4n) is 2.15. The van der Waals surface area contributed by atoms with Crippen LogP contribution in [0.25, 0.3) is 0 Å². The summed E-state index contributed by atoms with van der Waals surface area (Å²) < 4.78 is 5.64. The highest BCUT2D eigenvalue weighted by molar-refractivity contribution is 4.83. The third-order valence-electron chi connectivity index (χ3n) is 3.62. The van der Waals surface area contributed by atoms with Gasteiger partial charge in [-0.2, -0.15) is 0 Å². The van der Waals surface area contributed by atoms with Crippen LogP contribution in [-0.4, -0.2) is 38.0 Å². The SMILES string of the molecule is CC(C)CCOCCC1(CO)CCNCC1. The summed E-state index contributed by atoms with van der Waals surface area (Å²) in [6.07, 6.45) is 4.30. The molecule has 1 aliphatic heterocycles. The number of aliphatic hydroxyl groups is 1. The van der Waals surface area contributed by atoms with Gasteiger partial charge < -0.3 is 15.2 Å². The molecule has 3 heteroatoms. The van der Waals surface area contributed by atoms with Gasteiger partial charge >= 0.3 is 0 Å². The Kier molecular flexibility index (Phi) is 6.32. The lowest BCUT2D eigenvalue weighted by Crippen LogP contribution is -2.39. The standard InChI is InChI=1S/C13H27NO2/c1-12(2)3-9-16-10-6-13(11-15)4-7-14-8-5-13/h12,14-15H,3-11H2,1-2H3. The van der Waals surface area contributed by atoms with Crippen LogP contribution in [0.1, 0.15) is 39.5 Å². The van der Waals surface area contributed by atoms with Gasteiger partial charge in [0.05, 0.1) is 0 Å². The van der Waals surface area contributed by atoms with Gasteiger partial charge in [-0.05, 0) is 50.1 Å². The van der Waals surface area contributed by atoms with Gasteiger partial charge in [-0.3, -0.25) is 0 Å². The minimum absolute atomic E-state index is 0.128. The zero-order valence-corrected chi connectivity index (χ0v) is 10.8. The molecule has 3 nitrogen and oxygen atoms in total. The smallest absolute Gasteiger partial charge is 0.0489 e. The number of rotatable bonds is 7. The molecule has 2 N–H and O–H groups in total. The lowest BCUT2D eigenvalue weighted by Gasteiger charge is -2.36. The highest BCUT2D eigenvalue weighted by Crippen LogP contribution is 2.31. The first-order valence-corrected chi connectivity index (χ1v) is 6.58. The summed E-state index contributed by atoms with van der Waals surface area (Å²) in [5, 5.41) is 12.8. The summed E-state index contributed by atoms with van der Waals surface area (Å²) in [6, 6.07) is 0. The van der Waals surface area contributed by atoms with Crippen molar-refractivity contribution in [3.8, 4) is 0 Å². The van der Waals surface area contributed by atoms with E-state index in [-0.39, 0.29) is 5.41 Å². The molecule has 0 aromatic carbocycles. The molecule has 0 spiro atoms. The maximum absolute atomic E-state index is 9.50. The summed E-state index contributed by atoms with van der Waals surface area (Å²) in [7, 11) is 0. The number of piperidine rings is 1. The number of hydrogen-bond donors (Lipinski definition) is 2. The fraction of sp³-hybridized carbons (Fsp3) is 1.00. The average Bonchev–Trinajstić information content (AvgIpc) is 2.29. The molecule has 1 heterocycles. The lowest BCUT2D eigenvalue weighted by molar-refractivity contribution is 0.0340. The second-order valence-corrected chi connectivity index (χ2v) is 5.45. The van der Waals surface area contributed by atoms with Crippen LogP contribution >= 0.6 is 0 Å². The maximum Gasteiger partial charge on any atom is 0.0489 e. The molecule has 0 aromatic heterocycles. The molecule has 96 valence electrons. The molecule has 1 saturated heterocycles. The van der Waals surface area contributed by atoms with Crippen molar-refractivity contribution in [2.75, 3.05) is 32.9 Å². The van der Waals surface area contributed by atoms with Crippen LogP contribution in [0.3, 0.4) is 0 Å². The second kappa shape index (κ2) is 7.25. The molecule has 16 heavy (non-hydrogen) atoms. The molecular weight excluding hydrogens is 202 g/mol. The second-order valence-electron chi connectivity index (χ2n) is 5.45. The van der Waals surface area contributed by atoms with E-state index >= 15 is 0 Å². The number of aliphatic hydroxyl groups excluding tert-OH is 1. The van der Waals surface area contributed by atoms with Gasteiger partial charge in [0, 0.05) is 19.8 Å². The third-order valence-corrected chi connectivity index (χ3v) is 3.62. The molecular formula is C13H27NO2. The van der Waals surface area contributed by atoms with Crippen molar-refractivity contribution >= 4 is 0 Å². The molecule has 0 bridgehead atoms. The summed E-state index contributed by atoms with van der Waals surface area (Å²) in [5.74, 6) is 0.714. The third kappa shape index (κ3) is 4.81. The van der Waals surface area contributed by atoms with Gasteiger partial charge in [-0.25, -0.2) is 0 Å². The minimum atomic E-state index is 0.128. The van der Waals surface area contributed by atoms with Crippen LogP contribution in [0, 0.1) is 11.3 Å². The van der Waals surface area contributed by atoms with Crippen molar-refractivity contribution in [2.45, 2.75) is 39.5 Å². The molecule has 0 aromatic rings. The Balaban J connectivity index is 2.13. The van der Waals surface area contributed by atoms with Crippen LogP contribution in [0.4, 0.5) is 0 Å². The Hall–Kier alpha value is -0.120. The van der Waals surface area contributed by atoms with E-state index in [0.29, 0.717) is 12.5 Å². The Morgan fingerprint density at radius 3 is 2.50 bits per heavy atom. The van der Waals surface area contributed by atoms with Crippen molar-refractivity contribution in [3.63, 3.8) is 0 Å². The Morgan fingerprint density at radius 1 is 1.25 bits per heavy atom. The van der Waals surface area contributed by atoms with Gasteiger partial charge in [-0.1, -0.05) is 13.8 Å². The summed E-state index contributed by atoms with van der Waals surface area (Å²) in [5.41, 5.74) is 0.128. The van der Waals surface area contributed by atoms with E-state index < -0.39 is 0 Å². The molecule has 0 amide bonds. The highest BCUT2D eigenvalue weighted by atomic mass is 16.5. The van der Waals surface area contributed by atoms with E-state index in [0.717, 1.165) is 52.0 Å². The number of ether oxygens (including phenoxy) is 1. The first-order valence-electron chi connectivity index (χ1n) is 6.58.